The average molecular weight is 272 g/mol. The second-order valence-corrected chi connectivity index (χ2v) is 4.68. The number of rotatable bonds is 4. The first-order chi connectivity index (χ1) is 9.10. The molecule has 6 heteroatoms. The van der Waals surface area contributed by atoms with Crippen LogP contribution in [0.25, 0.3) is 0 Å². The minimum absolute atomic E-state index is 0.0674. The molecule has 0 radical (unpaired) electrons. The molecule has 1 saturated heterocycles. The number of nitrogens with one attached hydrogen (secondary N) is 1. The molecule has 0 aromatic carbocycles. The predicted octanol–water partition coefficient (Wildman–Crippen LogP) is 1.99. The van der Waals surface area contributed by atoms with E-state index in [2.05, 4.69) is 12.2 Å². The molecule has 1 N–H and O–H groups in total. The number of carbonyl (C=O) groups excluding carboxylic acids is 2. The molecule has 6 nitrogen and oxygen atoms in total. The van der Waals surface area contributed by atoms with Crippen LogP contribution in [-0.2, 0) is 9.47 Å². The number of likely N-dealkylation sites (tertiary alicyclic amines) is 1. The molecule has 1 aliphatic heterocycles. The quantitative estimate of drug-likeness (QED) is 0.849. The molecule has 0 saturated carbocycles. The summed E-state index contributed by atoms with van der Waals surface area (Å²) in [7, 11) is 0. The molecule has 0 aromatic rings. The zero-order valence-electron chi connectivity index (χ0n) is 12.0. The highest BCUT2D eigenvalue weighted by Crippen LogP contribution is 2.20. The van der Waals surface area contributed by atoms with Crippen LogP contribution in [0.1, 0.15) is 33.6 Å². The lowest BCUT2D eigenvalue weighted by Gasteiger charge is -2.36. The van der Waals surface area contributed by atoms with Crippen molar-refractivity contribution in [2.24, 2.45) is 5.92 Å². The molecule has 1 rings (SSSR count). The Morgan fingerprint density at radius 2 is 1.84 bits per heavy atom. The normalized spacial score (nSPS) is 22.8. The maximum Gasteiger partial charge on any atom is 0.409 e. The SMILES string of the molecule is CCOC(=O)NC1CC(CC)CN(C(=O)OCC)C1. The summed E-state index contributed by atoms with van der Waals surface area (Å²) in [6.45, 7) is 7.51. The third-order valence-electron chi connectivity index (χ3n) is 3.24. The molecule has 19 heavy (non-hydrogen) atoms. The van der Waals surface area contributed by atoms with E-state index in [0.29, 0.717) is 32.2 Å². The largest absolute Gasteiger partial charge is 0.450 e. The molecular weight excluding hydrogens is 248 g/mol. The molecule has 1 fully saturated rings. The maximum atomic E-state index is 11.8. The number of amides is 2. The summed E-state index contributed by atoms with van der Waals surface area (Å²) < 4.78 is 9.89. The van der Waals surface area contributed by atoms with E-state index in [9.17, 15) is 9.59 Å². The molecule has 1 aliphatic rings. The third kappa shape index (κ3) is 4.96. The summed E-state index contributed by atoms with van der Waals surface area (Å²) in [5, 5.41) is 2.80. The number of piperidine rings is 1. The Morgan fingerprint density at radius 3 is 2.42 bits per heavy atom. The van der Waals surface area contributed by atoms with Gasteiger partial charge in [0.1, 0.15) is 0 Å². The van der Waals surface area contributed by atoms with Crippen molar-refractivity contribution in [3.05, 3.63) is 0 Å². The number of nitrogens with zero attached hydrogens (tertiary/aromatic N) is 1. The van der Waals surface area contributed by atoms with E-state index in [1.165, 1.54) is 0 Å². The van der Waals surface area contributed by atoms with Gasteiger partial charge in [-0.3, -0.25) is 0 Å². The molecule has 2 amide bonds. The number of carbonyl (C=O) groups is 2. The highest BCUT2D eigenvalue weighted by atomic mass is 16.6. The summed E-state index contributed by atoms with van der Waals surface area (Å²) in [5.41, 5.74) is 0. The lowest BCUT2D eigenvalue weighted by atomic mass is 9.92. The standard InChI is InChI=1S/C13H24N2O4/c1-4-10-7-11(14-12(16)18-5-2)9-15(8-10)13(17)19-6-3/h10-11H,4-9H2,1-3H3,(H,14,16). The Balaban J connectivity index is 2.56. The summed E-state index contributed by atoms with van der Waals surface area (Å²) in [6, 6.07) is -0.0674. The summed E-state index contributed by atoms with van der Waals surface area (Å²) in [6.07, 6.45) is 1.10. The number of ether oxygens (including phenoxy) is 2. The first-order valence-electron chi connectivity index (χ1n) is 6.95. The molecule has 110 valence electrons. The number of hydrogen-bond acceptors (Lipinski definition) is 4. The Bertz CT molecular complexity index is 309. The molecular formula is C13H24N2O4. The van der Waals surface area contributed by atoms with Gasteiger partial charge in [0.25, 0.3) is 0 Å². The van der Waals surface area contributed by atoms with E-state index in [0.717, 1.165) is 12.8 Å². The minimum atomic E-state index is -0.423. The van der Waals surface area contributed by atoms with E-state index < -0.39 is 6.09 Å². The fraction of sp³-hybridized carbons (Fsp3) is 0.846. The first-order valence-corrected chi connectivity index (χ1v) is 6.95. The van der Waals surface area contributed by atoms with Crippen LogP contribution in [-0.4, -0.2) is 49.4 Å². The van der Waals surface area contributed by atoms with E-state index in [1.54, 1.807) is 18.7 Å². The van der Waals surface area contributed by atoms with Crippen LogP contribution in [0, 0.1) is 5.92 Å². The van der Waals surface area contributed by atoms with Gasteiger partial charge < -0.3 is 19.7 Å². The van der Waals surface area contributed by atoms with Gasteiger partial charge >= 0.3 is 12.2 Å². The van der Waals surface area contributed by atoms with Crippen molar-refractivity contribution < 1.29 is 19.1 Å². The van der Waals surface area contributed by atoms with Crippen molar-refractivity contribution in [3.63, 3.8) is 0 Å². The van der Waals surface area contributed by atoms with Crippen molar-refractivity contribution >= 4 is 12.2 Å². The van der Waals surface area contributed by atoms with Crippen LogP contribution in [0.5, 0.6) is 0 Å². The van der Waals surface area contributed by atoms with Crippen molar-refractivity contribution in [3.8, 4) is 0 Å². The van der Waals surface area contributed by atoms with Crippen LogP contribution in [0.15, 0.2) is 0 Å². The Kier molecular flexibility index (Phi) is 6.45. The number of hydrogen-bond donors (Lipinski definition) is 1. The van der Waals surface area contributed by atoms with Crippen LogP contribution in [0.2, 0.25) is 0 Å². The molecule has 1 heterocycles. The van der Waals surface area contributed by atoms with Crippen LogP contribution in [0.3, 0.4) is 0 Å². The zero-order chi connectivity index (χ0) is 14.3. The molecule has 2 atom stereocenters. The topological polar surface area (TPSA) is 67.9 Å². The predicted molar refractivity (Wildman–Crippen MR) is 70.9 cm³/mol. The second-order valence-electron chi connectivity index (χ2n) is 4.68. The molecule has 0 aliphatic carbocycles. The Labute approximate surface area is 114 Å². The summed E-state index contributed by atoms with van der Waals surface area (Å²) in [4.78, 5) is 24.9. The molecule has 0 spiro atoms. The van der Waals surface area contributed by atoms with Gasteiger partial charge in [-0.1, -0.05) is 13.3 Å². The molecule has 2 unspecified atom stereocenters. The second kappa shape index (κ2) is 7.86. The summed E-state index contributed by atoms with van der Waals surface area (Å²) in [5.74, 6) is 0.380. The van der Waals surface area contributed by atoms with E-state index in [1.807, 2.05) is 0 Å². The van der Waals surface area contributed by atoms with Gasteiger partial charge in [0.15, 0.2) is 0 Å². The van der Waals surface area contributed by atoms with Crippen molar-refractivity contribution in [2.45, 2.75) is 39.7 Å². The van der Waals surface area contributed by atoms with Gasteiger partial charge in [0.05, 0.1) is 19.3 Å². The van der Waals surface area contributed by atoms with Crippen LogP contribution < -0.4 is 5.32 Å². The zero-order valence-corrected chi connectivity index (χ0v) is 12.0. The van der Waals surface area contributed by atoms with Crippen molar-refractivity contribution in [1.82, 2.24) is 10.2 Å². The highest BCUT2D eigenvalue weighted by molar-refractivity contribution is 5.69. The Hall–Kier alpha value is -1.46. The monoisotopic (exact) mass is 272 g/mol. The fourth-order valence-electron chi connectivity index (χ4n) is 2.31. The Morgan fingerprint density at radius 1 is 1.16 bits per heavy atom. The smallest absolute Gasteiger partial charge is 0.409 e. The maximum absolute atomic E-state index is 11.8. The highest BCUT2D eigenvalue weighted by Gasteiger charge is 2.30. The van der Waals surface area contributed by atoms with Gasteiger partial charge in [-0.25, -0.2) is 9.59 Å². The van der Waals surface area contributed by atoms with Crippen molar-refractivity contribution in [1.29, 1.82) is 0 Å². The van der Waals surface area contributed by atoms with Crippen LogP contribution in [0.4, 0.5) is 9.59 Å². The van der Waals surface area contributed by atoms with Gasteiger partial charge in [-0.15, -0.1) is 0 Å². The molecule has 0 aromatic heterocycles. The van der Waals surface area contributed by atoms with Gasteiger partial charge in [-0.2, -0.15) is 0 Å². The third-order valence-corrected chi connectivity index (χ3v) is 3.24. The average Bonchev–Trinajstić information content (AvgIpc) is 2.38. The van der Waals surface area contributed by atoms with Crippen molar-refractivity contribution in [2.75, 3.05) is 26.3 Å². The molecule has 0 bridgehead atoms. The van der Waals surface area contributed by atoms with Gasteiger partial charge in [0, 0.05) is 13.1 Å². The minimum Gasteiger partial charge on any atom is -0.450 e. The van der Waals surface area contributed by atoms with E-state index in [-0.39, 0.29) is 12.1 Å². The lowest BCUT2D eigenvalue weighted by Crippen LogP contribution is -2.52. The number of alkyl carbamates (subject to hydrolysis) is 1. The lowest BCUT2D eigenvalue weighted by molar-refractivity contribution is 0.0753. The fourth-order valence-corrected chi connectivity index (χ4v) is 2.31. The first kappa shape index (κ1) is 15.6. The summed E-state index contributed by atoms with van der Waals surface area (Å²) >= 11 is 0. The van der Waals surface area contributed by atoms with Gasteiger partial charge in [-0.05, 0) is 26.2 Å². The van der Waals surface area contributed by atoms with Crippen LogP contribution >= 0.6 is 0 Å². The van der Waals surface area contributed by atoms with E-state index in [4.69, 9.17) is 9.47 Å². The van der Waals surface area contributed by atoms with E-state index >= 15 is 0 Å². The van der Waals surface area contributed by atoms with Gasteiger partial charge in [0.2, 0.25) is 0 Å².